The minimum absolute atomic E-state index is 0.227. The Balaban J connectivity index is 2.65. The Hall–Kier alpha value is -1.29. The normalized spacial score (nSPS) is 9.47. The van der Waals surface area contributed by atoms with Crippen LogP contribution < -0.4 is 5.32 Å². The second kappa shape index (κ2) is 5.56. The van der Waals surface area contributed by atoms with Gasteiger partial charge in [0.25, 0.3) is 5.91 Å². The Morgan fingerprint density at radius 3 is 2.93 bits per heavy atom. The maximum atomic E-state index is 11.6. The molecule has 0 aliphatic heterocycles. The smallest absolute Gasteiger partial charge is 0.257 e. The molecule has 0 atom stereocenters. The maximum absolute atomic E-state index is 11.6. The second-order valence-corrected chi connectivity index (χ2v) is 3.74. The van der Waals surface area contributed by atoms with Crippen LogP contribution in [0.1, 0.15) is 17.3 Å². The molecule has 15 heavy (non-hydrogen) atoms. The first-order valence-electron chi connectivity index (χ1n) is 4.52. The Bertz CT molecular complexity index is 377. The molecule has 1 N–H and O–H groups in total. The zero-order valence-corrected chi connectivity index (χ0v) is 10.0. The Morgan fingerprint density at radius 1 is 1.60 bits per heavy atom. The summed E-state index contributed by atoms with van der Waals surface area (Å²) in [5.41, 5.74) is 0.560. The summed E-state index contributed by atoms with van der Waals surface area (Å²) >= 11 is 3.29. The lowest BCUT2D eigenvalue weighted by Crippen LogP contribution is -2.23. The summed E-state index contributed by atoms with van der Waals surface area (Å²) in [6.45, 7) is 5.88. The van der Waals surface area contributed by atoms with Crippen LogP contribution in [-0.4, -0.2) is 12.5 Å². The molecular weight excluding hydrogens is 258 g/mol. The highest BCUT2D eigenvalue weighted by molar-refractivity contribution is 9.10. The van der Waals surface area contributed by atoms with Gasteiger partial charge < -0.3 is 4.74 Å². The average Bonchev–Trinajstić information content (AvgIpc) is 2.18. The molecule has 1 rings (SSSR count). The summed E-state index contributed by atoms with van der Waals surface area (Å²) in [7, 11) is 0. The van der Waals surface area contributed by atoms with Crippen LogP contribution in [0, 0.1) is 0 Å². The fourth-order valence-electron chi connectivity index (χ4n) is 1.04. The van der Waals surface area contributed by atoms with E-state index in [-0.39, 0.29) is 11.8 Å². The molecule has 0 aliphatic rings. The van der Waals surface area contributed by atoms with Crippen LogP contribution in [0.25, 0.3) is 0 Å². The third-order valence-electron chi connectivity index (χ3n) is 1.66. The molecule has 1 aromatic rings. The van der Waals surface area contributed by atoms with Gasteiger partial charge in [0.2, 0.25) is 0 Å². The van der Waals surface area contributed by atoms with E-state index in [1.54, 1.807) is 18.2 Å². The lowest BCUT2D eigenvalue weighted by molar-refractivity contribution is 0.0924. The van der Waals surface area contributed by atoms with Crippen LogP contribution in [0.5, 0.6) is 0 Å². The van der Waals surface area contributed by atoms with Gasteiger partial charge in [-0.2, -0.15) is 0 Å². The van der Waals surface area contributed by atoms with Crippen LogP contribution in [0.3, 0.4) is 0 Å². The van der Waals surface area contributed by atoms with E-state index in [2.05, 4.69) is 27.8 Å². The summed E-state index contributed by atoms with van der Waals surface area (Å²) in [6.07, 6.45) is 0. The van der Waals surface area contributed by atoms with Crippen molar-refractivity contribution >= 4 is 21.8 Å². The fraction of sp³-hybridized carbons (Fsp3) is 0.182. The van der Waals surface area contributed by atoms with Crippen molar-refractivity contribution in [2.75, 3.05) is 6.61 Å². The van der Waals surface area contributed by atoms with E-state index in [0.717, 1.165) is 4.47 Å². The van der Waals surface area contributed by atoms with Gasteiger partial charge in [0.05, 0.1) is 6.61 Å². The summed E-state index contributed by atoms with van der Waals surface area (Å²) in [5.74, 6) is 0.0391. The number of ether oxygens (including phenoxy) is 1. The van der Waals surface area contributed by atoms with Crippen molar-refractivity contribution < 1.29 is 9.53 Å². The molecule has 0 bridgehead atoms. The standard InChI is InChI=1S/C11H12BrNO2/c1-3-15-8(2)13-11(14)9-5-4-6-10(12)7-9/h4-7H,2-3H2,1H3,(H,13,14). The molecule has 1 amide bonds. The van der Waals surface area contributed by atoms with Crippen molar-refractivity contribution in [2.45, 2.75) is 6.92 Å². The van der Waals surface area contributed by atoms with Gasteiger partial charge in [-0.3, -0.25) is 10.1 Å². The predicted molar refractivity (Wildman–Crippen MR) is 62.4 cm³/mol. The topological polar surface area (TPSA) is 38.3 Å². The maximum Gasteiger partial charge on any atom is 0.257 e. The molecular formula is C11H12BrNO2. The lowest BCUT2D eigenvalue weighted by atomic mass is 10.2. The highest BCUT2D eigenvalue weighted by atomic mass is 79.9. The fourth-order valence-corrected chi connectivity index (χ4v) is 1.44. The number of benzene rings is 1. The third kappa shape index (κ3) is 3.75. The highest BCUT2D eigenvalue weighted by Gasteiger charge is 2.06. The minimum Gasteiger partial charge on any atom is -0.480 e. The lowest BCUT2D eigenvalue weighted by Gasteiger charge is -2.08. The monoisotopic (exact) mass is 269 g/mol. The number of halogens is 1. The molecule has 0 unspecified atom stereocenters. The average molecular weight is 270 g/mol. The van der Waals surface area contributed by atoms with Crippen molar-refractivity contribution in [1.82, 2.24) is 5.32 Å². The zero-order valence-electron chi connectivity index (χ0n) is 8.42. The van der Waals surface area contributed by atoms with Crippen LogP contribution >= 0.6 is 15.9 Å². The van der Waals surface area contributed by atoms with Crippen molar-refractivity contribution in [1.29, 1.82) is 0 Å². The Morgan fingerprint density at radius 2 is 2.33 bits per heavy atom. The van der Waals surface area contributed by atoms with Gasteiger partial charge in [-0.05, 0) is 31.7 Å². The van der Waals surface area contributed by atoms with Gasteiger partial charge >= 0.3 is 0 Å². The van der Waals surface area contributed by atoms with E-state index in [9.17, 15) is 4.79 Å². The Labute approximate surface area is 97.3 Å². The van der Waals surface area contributed by atoms with E-state index in [0.29, 0.717) is 12.2 Å². The summed E-state index contributed by atoms with van der Waals surface area (Å²) in [4.78, 5) is 11.6. The number of carbonyl (C=O) groups is 1. The van der Waals surface area contributed by atoms with Gasteiger partial charge in [0, 0.05) is 10.0 Å². The quantitative estimate of drug-likeness (QED) is 0.854. The van der Waals surface area contributed by atoms with Crippen LogP contribution in [-0.2, 0) is 4.74 Å². The molecule has 0 fully saturated rings. The minimum atomic E-state index is -0.227. The second-order valence-electron chi connectivity index (χ2n) is 2.82. The number of nitrogens with one attached hydrogen (secondary N) is 1. The van der Waals surface area contributed by atoms with E-state index >= 15 is 0 Å². The molecule has 0 aliphatic carbocycles. The summed E-state index contributed by atoms with van der Waals surface area (Å²) in [5, 5.41) is 2.55. The van der Waals surface area contributed by atoms with Gasteiger partial charge in [-0.15, -0.1) is 0 Å². The van der Waals surface area contributed by atoms with E-state index in [4.69, 9.17) is 4.74 Å². The van der Waals surface area contributed by atoms with Gasteiger partial charge in [0.15, 0.2) is 5.88 Å². The summed E-state index contributed by atoms with van der Waals surface area (Å²) in [6, 6.07) is 7.10. The first-order valence-corrected chi connectivity index (χ1v) is 5.31. The molecule has 0 radical (unpaired) electrons. The highest BCUT2D eigenvalue weighted by Crippen LogP contribution is 2.11. The molecule has 3 nitrogen and oxygen atoms in total. The molecule has 80 valence electrons. The summed E-state index contributed by atoms with van der Waals surface area (Å²) < 4.78 is 5.88. The first kappa shape index (κ1) is 11.8. The third-order valence-corrected chi connectivity index (χ3v) is 2.15. The SMILES string of the molecule is C=C(NC(=O)c1cccc(Br)c1)OCC. The van der Waals surface area contributed by atoms with Gasteiger partial charge in [0.1, 0.15) is 0 Å². The van der Waals surface area contributed by atoms with Gasteiger partial charge in [-0.25, -0.2) is 0 Å². The molecule has 0 saturated heterocycles. The van der Waals surface area contributed by atoms with E-state index in [1.807, 2.05) is 13.0 Å². The zero-order chi connectivity index (χ0) is 11.3. The predicted octanol–water partition coefficient (Wildman–Crippen LogP) is 2.69. The van der Waals surface area contributed by atoms with Crippen LogP contribution in [0.15, 0.2) is 41.2 Å². The largest absolute Gasteiger partial charge is 0.480 e. The Kier molecular flexibility index (Phi) is 4.37. The van der Waals surface area contributed by atoms with E-state index < -0.39 is 0 Å². The van der Waals surface area contributed by atoms with Crippen molar-refractivity contribution in [3.63, 3.8) is 0 Å². The molecule has 0 saturated carbocycles. The molecule has 1 aromatic carbocycles. The number of carbonyl (C=O) groups excluding carboxylic acids is 1. The van der Waals surface area contributed by atoms with Crippen LogP contribution in [0.4, 0.5) is 0 Å². The number of hydrogen-bond acceptors (Lipinski definition) is 2. The molecule has 0 spiro atoms. The molecule has 4 heteroatoms. The van der Waals surface area contributed by atoms with Crippen molar-refractivity contribution in [3.8, 4) is 0 Å². The number of rotatable bonds is 4. The van der Waals surface area contributed by atoms with Crippen LogP contribution in [0.2, 0.25) is 0 Å². The molecule has 0 aromatic heterocycles. The first-order chi connectivity index (χ1) is 7.13. The number of amides is 1. The number of hydrogen-bond donors (Lipinski definition) is 1. The van der Waals surface area contributed by atoms with Crippen molar-refractivity contribution in [2.24, 2.45) is 0 Å². The van der Waals surface area contributed by atoms with Gasteiger partial charge in [-0.1, -0.05) is 22.0 Å². The molecule has 0 heterocycles. The van der Waals surface area contributed by atoms with E-state index in [1.165, 1.54) is 0 Å². The van der Waals surface area contributed by atoms with Crippen molar-refractivity contribution in [3.05, 3.63) is 46.8 Å².